The van der Waals surface area contributed by atoms with Crippen molar-refractivity contribution in [2.45, 2.75) is 19.9 Å². The van der Waals surface area contributed by atoms with Gasteiger partial charge in [0, 0.05) is 18.0 Å². The second-order valence-corrected chi connectivity index (χ2v) is 5.40. The molecule has 0 unspecified atom stereocenters. The van der Waals surface area contributed by atoms with Gasteiger partial charge < -0.3 is 5.32 Å². The third kappa shape index (κ3) is 3.44. The quantitative estimate of drug-likeness (QED) is 0.485. The molecule has 6 heteroatoms. The van der Waals surface area contributed by atoms with Gasteiger partial charge in [0.25, 0.3) is 5.69 Å². The Labute approximate surface area is 130 Å². The van der Waals surface area contributed by atoms with Crippen LogP contribution < -0.4 is 5.32 Å². The molecule has 0 aliphatic heterocycles. The average molecular weight is 383 g/mol. The van der Waals surface area contributed by atoms with E-state index in [9.17, 15) is 10.1 Å². The van der Waals surface area contributed by atoms with Crippen LogP contribution in [0.2, 0.25) is 0 Å². The molecule has 0 aliphatic carbocycles. The van der Waals surface area contributed by atoms with Crippen molar-refractivity contribution in [3.63, 3.8) is 0 Å². The molecule has 0 bridgehead atoms. The lowest BCUT2D eigenvalue weighted by Gasteiger charge is -2.09. The molecular weight excluding hydrogens is 369 g/mol. The highest BCUT2D eigenvalue weighted by Crippen LogP contribution is 2.24. The Morgan fingerprint density at radius 3 is 2.85 bits per heavy atom. The highest BCUT2D eigenvalue weighted by Gasteiger charge is 2.11. The first-order chi connectivity index (χ1) is 9.61. The minimum absolute atomic E-state index is 0.128. The summed E-state index contributed by atoms with van der Waals surface area (Å²) in [7, 11) is 0. The predicted molar refractivity (Wildman–Crippen MR) is 86.8 cm³/mol. The number of anilines is 1. The Kier molecular flexibility index (Phi) is 4.89. The van der Waals surface area contributed by atoms with Gasteiger partial charge in [0.1, 0.15) is 0 Å². The molecule has 0 aliphatic rings. The number of rotatable bonds is 5. The van der Waals surface area contributed by atoms with Crippen LogP contribution in [0.3, 0.4) is 0 Å². The van der Waals surface area contributed by atoms with E-state index in [-0.39, 0.29) is 10.6 Å². The van der Waals surface area contributed by atoms with E-state index in [2.05, 4.69) is 23.3 Å². The zero-order valence-electron chi connectivity index (χ0n) is 11.0. The van der Waals surface area contributed by atoms with Gasteiger partial charge in [-0.2, -0.15) is 0 Å². The molecule has 1 aromatic heterocycles. The average Bonchev–Trinajstić information content (AvgIpc) is 2.45. The third-order valence-electron chi connectivity index (χ3n) is 2.97. The number of benzene rings is 1. The Hall–Kier alpha value is -1.70. The number of hydrogen-bond donors (Lipinski definition) is 1. The fourth-order valence-electron chi connectivity index (χ4n) is 1.90. The predicted octanol–water partition coefficient (Wildman–Crippen LogP) is 3.77. The second-order valence-electron chi connectivity index (χ2n) is 4.24. The number of nitro benzene ring substituents is 1. The van der Waals surface area contributed by atoms with Gasteiger partial charge in [0.2, 0.25) is 0 Å². The summed E-state index contributed by atoms with van der Waals surface area (Å²) in [5, 5.41) is 14.0. The first-order valence-corrected chi connectivity index (χ1v) is 7.30. The van der Waals surface area contributed by atoms with Crippen molar-refractivity contribution >= 4 is 34.0 Å². The normalized spacial score (nSPS) is 10.3. The van der Waals surface area contributed by atoms with Crippen molar-refractivity contribution in [2.75, 3.05) is 5.32 Å². The minimum Gasteiger partial charge on any atom is -0.379 e. The van der Waals surface area contributed by atoms with E-state index >= 15 is 0 Å². The van der Waals surface area contributed by atoms with Gasteiger partial charge >= 0.3 is 0 Å². The SMILES string of the molecule is CCc1cccnc1CNc1ccc([N+](=O)[O-])c(I)c1. The van der Waals surface area contributed by atoms with Crippen LogP contribution >= 0.6 is 22.6 Å². The number of pyridine rings is 1. The van der Waals surface area contributed by atoms with Crippen molar-refractivity contribution in [1.29, 1.82) is 0 Å². The number of aryl methyl sites for hydroxylation is 1. The molecule has 0 atom stereocenters. The minimum atomic E-state index is -0.376. The first-order valence-electron chi connectivity index (χ1n) is 6.22. The van der Waals surface area contributed by atoms with Crippen LogP contribution in [-0.4, -0.2) is 9.91 Å². The molecule has 0 amide bonds. The lowest BCUT2D eigenvalue weighted by Crippen LogP contribution is -2.05. The molecule has 1 N–H and O–H groups in total. The van der Waals surface area contributed by atoms with Gasteiger partial charge in [0.05, 0.1) is 20.7 Å². The largest absolute Gasteiger partial charge is 0.379 e. The maximum Gasteiger partial charge on any atom is 0.282 e. The van der Waals surface area contributed by atoms with Crippen LogP contribution in [0.4, 0.5) is 11.4 Å². The van der Waals surface area contributed by atoms with Crippen LogP contribution in [-0.2, 0) is 13.0 Å². The zero-order chi connectivity index (χ0) is 14.5. The Balaban J connectivity index is 2.11. The van der Waals surface area contributed by atoms with Crippen molar-refractivity contribution < 1.29 is 4.92 Å². The summed E-state index contributed by atoms with van der Waals surface area (Å²) in [5.74, 6) is 0. The van der Waals surface area contributed by atoms with Crippen molar-refractivity contribution in [1.82, 2.24) is 4.98 Å². The third-order valence-corrected chi connectivity index (χ3v) is 3.83. The highest BCUT2D eigenvalue weighted by atomic mass is 127. The summed E-state index contributed by atoms with van der Waals surface area (Å²) < 4.78 is 0.620. The van der Waals surface area contributed by atoms with E-state index in [0.717, 1.165) is 17.8 Å². The molecule has 5 nitrogen and oxygen atoms in total. The number of nitrogens with one attached hydrogen (secondary N) is 1. The number of nitro groups is 1. The summed E-state index contributed by atoms with van der Waals surface area (Å²) in [6.45, 7) is 2.70. The molecule has 0 fully saturated rings. The standard InChI is InChI=1S/C14H14IN3O2/c1-2-10-4-3-7-16-13(10)9-17-11-5-6-14(18(19)20)12(15)8-11/h3-8,17H,2,9H2,1H3. The maximum absolute atomic E-state index is 10.8. The van der Waals surface area contributed by atoms with E-state index in [1.54, 1.807) is 18.3 Å². The van der Waals surface area contributed by atoms with E-state index < -0.39 is 0 Å². The Bertz CT molecular complexity index is 632. The van der Waals surface area contributed by atoms with Crippen molar-refractivity contribution in [2.24, 2.45) is 0 Å². The molecule has 2 rings (SSSR count). The van der Waals surface area contributed by atoms with Gasteiger partial charge in [-0.25, -0.2) is 0 Å². The molecule has 1 aromatic carbocycles. The Morgan fingerprint density at radius 2 is 2.20 bits per heavy atom. The topological polar surface area (TPSA) is 68.1 Å². The van der Waals surface area contributed by atoms with E-state index in [0.29, 0.717) is 10.1 Å². The maximum atomic E-state index is 10.8. The van der Waals surface area contributed by atoms with Gasteiger partial charge in [-0.05, 0) is 52.8 Å². The zero-order valence-corrected chi connectivity index (χ0v) is 13.1. The second kappa shape index (κ2) is 6.65. The summed E-state index contributed by atoms with van der Waals surface area (Å²) in [4.78, 5) is 14.8. The molecule has 104 valence electrons. The smallest absolute Gasteiger partial charge is 0.282 e. The molecule has 20 heavy (non-hydrogen) atoms. The van der Waals surface area contributed by atoms with Crippen LogP contribution in [0.15, 0.2) is 36.5 Å². The highest BCUT2D eigenvalue weighted by molar-refractivity contribution is 14.1. The van der Waals surface area contributed by atoms with Gasteiger partial charge in [-0.1, -0.05) is 13.0 Å². The van der Waals surface area contributed by atoms with Gasteiger partial charge in [0.15, 0.2) is 0 Å². The molecule has 0 radical (unpaired) electrons. The van der Waals surface area contributed by atoms with E-state index in [1.165, 1.54) is 11.6 Å². The van der Waals surface area contributed by atoms with E-state index in [4.69, 9.17) is 0 Å². The summed E-state index contributed by atoms with van der Waals surface area (Å²) in [6.07, 6.45) is 2.71. The first kappa shape index (κ1) is 14.7. The van der Waals surface area contributed by atoms with Crippen LogP contribution in [0.25, 0.3) is 0 Å². The summed E-state index contributed by atoms with van der Waals surface area (Å²) in [5.41, 5.74) is 3.19. The number of aromatic nitrogens is 1. The van der Waals surface area contributed by atoms with E-state index in [1.807, 2.05) is 28.7 Å². The molecular formula is C14H14IN3O2. The molecule has 1 heterocycles. The fourth-order valence-corrected chi connectivity index (χ4v) is 2.62. The Morgan fingerprint density at radius 1 is 1.40 bits per heavy atom. The van der Waals surface area contributed by atoms with Crippen molar-refractivity contribution in [3.05, 3.63) is 61.5 Å². The number of nitrogens with zero attached hydrogens (tertiary/aromatic N) is 2. The number of halogens is 1. The van der Waals surface area contributed by atoms with Crippen LogP contribution in [0.5, 0.6) is 0 Å². The molecule has 2 aromatic rings. The molecule has 0 spiro atoms. The monoisotopic (exact) mass is 383 g/mol. The lowest BCUT2D eigenvalue weighted by atomic mass is 10.1. The van der Waals surface area contributed by atoms with Gasteiger partial charge in [-0.3, -0.25) is 15.1 Å². The summed E-state index contributed by atoms with van der Waals surface area (Å²) >= 11 is 1.97. The molecule has 0 saturated carbocycles. The van der Waals surface area contributed by atoms with Crippen LogP contribution in [0.1, 0.15) is 18.2 Å². The fraction of sp³-hybridized carbons (Fsp3) is 0.214. The van der Waals surface area contributed by atoms with Crippen molar-refractivity contribution in [3.8, 4) is 0 Å². The molecule has 0 saturated heterocycles. The lowest BCUT2D eigenvalue weighted by molar-refractivity contribution is -0.385. The van der Waals surface area contributed by atoms with Gasteiger partial charge in [-0.15, -0.1) is 0 Å². The number of hydrogen-bond acceptors (Lipinski definition) is 4. The summed E-state index contributed by atoms with van der Waals surface area (Å²) in [6, 6.07) is 8.99. The van der Waals surface area contributed by atoms with Crippen LogP contribution in [0, 0.1) is 13.7 Å².